The first-order valence-electron chi connectivity index (χ1n) is 8.76. The number of hydrogen-bond acceptors (Lipinski definition) is 4. The van der Waals surface area contributed by atoms with Gasteiger partial charge in [0, 0.05) is 13.1 Å². The molecule has 0 fully saturated rings. The predicted octanol–water partition coefficient (Wildman–Crippen LogP) is 3.05. The maximum absolute atomic E-state index is 9.78. The molecule has 0 bridgehead atoms. The van der Waals surface area contributed by atoms with Crippen molar-refractivity contribution < 1.29 is 14.6 Å². The number of benzene rings is 2. The lowest BCUT2D eigenvalue weighted by molar-refractivity contribution is 0.318. The molecule has 0 saturated heterocycles. The lowest BCUT2D eigenvalue weighted by atomic mass is 10.2. The van der Waals surface area contributed by atoms with Crippen molar-refractivity contribution in [2.24, 2.45) is 4.99 Å². The first kappa shape index (κ1) is 19.4. The van der Waals surface area contributed by atoms with Crippen LogP contribution in [0.15, 0.2) is 47.5 Å². The summed E-state index contributed by atoms with van der Waals surface area (Å²) in [5.41, 5.74) is 2.10. The fourth-order valence-corrected chi connectivity index (χ4v) is 2.37. The minimum absolute atomic E-state index is 0.143. The Balaban J connectivity index is 2.00. The van der Waals surface area contributed by atoms with Crippen molar-refractivity contribution in [3.05, 3.63) is 53.6 Å². The summed E-state index contributed by atoms with van der Waals surface area (Å²) in [6.07, 6.45) is 0. The Kier molecular flexibility index (Phi) is 7.61. The Morgan fingerprint density at radius 3 is 2.42 bits per heavy atom. The minimum Gasteiger partial charge on any atom is -0.504 e. The van der Waals surface area contributed by atoms with Crippen LogP contribution in [0.3, 0.4) is 0 Å². The van der Waals surface area contributed by atoms with E-state index in [1.165, 1.54) is 0 Å². The van der Waals surface area contributed by atoms with Crippen LogP contribution >= 0.6 is 0 Å². The highest BCUT2D eigenvalue weighted by Gasteiger charge is 2.04. The molecule has 0 aliphatic carbocycles. The fourth-order valence-electron chi connectivity index (χ4n) is 2.37. The predicted molar refractivity (Wildman–Crippen MR) is 104 cm³/mol. The molecule has 0 heterocycles. The molecule has 6 heteroatoms. The molecule has 0 aromatic heterocycles. The van der Waals surface area contributed by atoms with Crippen LogP contribution in [0.1, 0.15) is 25.0 Å². The first-order valence-corrected chi connectivity index (χ1v) is 8.76. The third-order valence-corrected chi connectivity index (χ3v) is 3.71. The molecular weight excluding hydrogens is 330 g/mol. The maximum Gasteiger partial charge on any atom is 0.191 e. The molecule has 0 amide bonds. The van der Waals surface area contributed by atoms with Gasteiger partial charge in [-0.15, -0.1) is 0 Å². The lowest BCUT2D eigenvalue weighted by Crippen LogP contribution is -2.36. The SMILES string of the molecule is CCNC(=NCc1ccc(O)c(OCC)c1)NCc1ccc(OC)cc1. The summed E-state index contributed by atoms with van der Waals surface area (Å²) >= 11 is 0. The number of nitrogens with zero attached hydrogens (tertiary/aromatic N) is 1. The average Bonchev–Trinajstić information content (AvgIpc) is 2.67. The van der Waals surface area contributed by atoms with Gasteiger partial charge < -0.3 is 25.2 Å². The van der Waals surface area contributed by atoms with Crippen LogP contribution < -0.4 is 20.1 Å². The van der Waals surface area contributed by atoms with E-state index in [9.17, 15) is 5.11 Å². The van der Waals surface area contributed by atoms with Gasteiger partial charge in [-0.05, 0) is 49.2 Å². The topological polar surface area (TPSA) is 75.1 Å². The van der Waals surface area contributed by atoms with E-state index in [0.717, 1.165) is 29.4 Å². The van der Waals surface area contributed by atoms with Crippen molar-refractivity contribution in [3.8, 4) is 17.2 Å². The van der Waals surface area contributed by atoms with Gasteiger partial charge >= 0.3 is 0 Å². The third-order valence-electron chi connectivity index (χ3n) is 3.71. The molecule has 0 aliphatic rings. The largest absolute Gasteiger partial charge is 0.504 e. The van der Waals surface area contributed by atoms with E-state index < -0.39 is 0 Å². The standard InChI is InChI=1S/C20H27N3O3/c1-4-21-20(22-13-15-6-9-17(25-3)10-7-15)23-14-16-8-11-18(24)19(12-16)26-5-2/h6-12,24H,4-5,13-14H2,1-3H3,(H2,21,22,23). The van der Waals surface area contributed by atoms with Gasteiger partial charge in [-0.2, -0.15) is 0 Å². The van der Waals surface area contributed by atoms with Gasteiger partial charge in [0.2, 0.25) is 0 Å². The van der Waals surface area contributed by atoms with Crippen LogP contribution in [0, 0.1) is 0 Å². The number of aliphatic imine (C=N–C) groups is 1. The zero-order chi connectivity index (χ0) is 18.8. The highest BCUT2D eigenvalue weighted by Crippen LogP contribution is 2.27. The number of nitrogens with one attached hydrogen (secondary N) is 2. The van der Waals surface area contributed by atoms with Crippen LogP contribution in [-0.2, 0) is 13.1 Å². The summed E-state index contributed by atoms with van der Waals surface area (Å²) in [7, 11) is 1.66. The molecule has 0 atom stereocenters. The van der Waals surface area contributed by atoms with Crippen molar-refractivity contribution in [2.45, 2.75) is 26.9 Å². The molecule has 0 unspecified atom stereocenters. The zero-order valence-electron chi connectivity index (χ0n) is 15.6. The van der Waals surface area contributed by atoms with Crippen molar-refractivity contribution in [1.29, 1.82) is 0 Å². The molecule has 0 spiro atoms. The van der Waals surface area contributed by atoms with Crippen molar-refractivity contribution in [3.63, 3.8) is 0 Å². The molecule has 2 aromatic rings. The average molecular weight is 357 g/mol. The van der Waals surface area contributed by atoms with E-state index in [1.807, 2.05) is 50.2 Å². The molecule has 3 N–H and O–H groups in total. The summed E-state index contributed by atoms with van der Waals surface area (Å²) in [5.74, 6) is 2.20. The molecule has 0 saturated carbocycles. The summed E-state index contributed by atoms with van der Waals surface area (Å²) in [6, 6.07) is 13.2. The summed E-state index contributed by atoms with van der Waals surface area (Å²) in [5, 5.41) is 16.3. The van der Waals surface area contributed by atoms with E-state index >= 15 is 0 Å². The Bertz CT molecular complexity index is 715. The van der Waals surface area contributed by atoms with Gasteiger partial charge in [-0.3, -0.25) is 0 Å². The summed E-state index contributed by atoms with van der Waals surface area (Å²) < 4.78 is 10.6. The van der Waals surface area contributed by atoms with E-state index in [-0.39, 0.29) is 5.75 Å². The Morgan fingerprint density at radius 2 is 1.77 bits per heavy atom. The second-order valence-electron chi connectivity index (χ2n) is 5.63. The van der Waals surface area contributed by atoms with Crippen LogP contribution in [0.4, 0.5) is 0 Å². The fraction of sp³-hybridized carbons (Fsp3) is 0.350. The number of phenols is 1. The number of guanidine groups is 1. The number of rotatable bonds is 8. The molecule has 26 heavy (non-hydrogen) atoms. The maximum atomic E-state index is 9.78. The van der Waals surface area contributed by atoms with E-state index in [2.05, 4.69) is 15.6 Å². The highest BCUT2D eigenvalue weighted by atomic mass is 16.5. The van der Waals surface area contributed by atoms with Crippen molar-refractivity contribution in [2.75, 3.05) is 20.3 Å². The molecule has 140 valence electrons. The molecular formula is C20H27N3O3. The second-order valence-corrected chi connectivity index (χ2v) is 5.63. The van der Waals surface area contributed by atoms with Crippen molar-refractivity contribution in [1.82, 2.24) is 10.6 Å². The highest BCUT2D eigenvalue weighted by molar-refractivity contribution is 5.79. The van der Waals surface area contributed by atoms with Gasteiger partial charge in [-0.25, -0.2) is 4.99 Å². The zero-order valence-corrected chi connectivity index (χ0v) is 15.6. The number of phenolic OH excluding ortho intramolecular Hbond substituents is 1. The number of methoxy groups -OCH3 is 1. The normalized spacial score (nSPS) is 11.1. The Morgan fingerprint density at radius 1 is 1.04 bits per heavy atom. The number of aromatic hydroxyl groups is 1. The molecule has 2 aromatic carbocycles. The number of hydrogen-bond donors (Lipinski definition) is 3. The smallest absolute Gasteiger partial charge is 0.191 e. The van der Waals surface area contributed by atoms with E-state index in [4.69, 9.17) is 9.47 Å². The van der Waals surface area contributed by atoms with Gasteiger partial charge in [0.1, 0.15) is 5.75 Å². The van der Waals surface area contributed by atoms with Crippen LogP contribution in [0.25, 0.3) is 0 Å². The Hall–Kier alpha value is -2.89. The molecule has 0 radical (unpaired) electrons. The van der Waals surface area contributed by atoms with E-state index in [1.54, 1.807) is 13.2 Å². The van der Waals surface area contributed by atoms with Gasteiger partial charge in [0.25, 0.3) is 0 Å². The van der Waals surface area contributed by atoms with Crippen LogP contribution in [0.5, 0.6) is 17.2 Å². The molecule has 0 aliphatic heterocycles. The number of ether oxygens (including phenoxy) is 2. The Labute approximate surface area is 154 Å². The van der Waals surface area contributed by atoms with Crippen LogP contribution in [-0.4, -0.2) is 31.3 Å². The monoisotopic (exact) mass is 357 g/mol. The minimum atomic E-state index is 0.143. The first-order chi connectivity index (χ1) is 12.7. The lowest BCUT2D eigenvalue weighted by Gasteiger charge is -2.12. The van der Waals surface area contributed by atoms with Gasteiger partial charge in [-0.1, -0.05) is 18.2 Å². The van der Waals surface area contributed by atoms with E-state index in [0.29, 0.717) is 25.4 Å². The van der Waals surface area contributed by atoms with Gasteiger partial charge in [0.15, 0.2) is 17.5 Å². The summed E-state index contributed by atoms with van der Waals surface area (Å²) in [6.45, 7) is 6.34. The second kappa shape index (κ2) is 10.2. The molecule has 2 rings (SSSR count). The third kappa shape index (κ3) is 5.88. The van der Waals surface area contributed by atoms with Crippen LogP contribution in [0.2, 0.25) is 0 Å². The van der Waals surface area contributed by atoms with Crippen molar-refractivity contribution >= 4 is 5.96 Å². The quantitative estimate of drug-likeness (QED) is 0.500. The van der Waals surface area contributed by atoms with Gasteiger partial charge in [0.05, 0.1) is 20.3 Å². The summed E-state index contributed by atoms with van der Waals surface area (Å²) in [4.78, 5) is 4.60. The molecule has 6 nitrogen and oxygen atoms in total.